The number of hydrogen-bond acceptors (Lipinski definition) is 3. The number of ether oxygens (including phenoxy) is 1. The van der Waals surface area contributed by atoms with E-state index in [1.165, 1.54) is 12.1 Å². The lowest BCUT2D eigenvalue weighted by molar-refractivity contribution is -0.115. The Morgan fingerprint density at radius 2 is 1.38 bits per heavy atom. The van der Waals surface area contributed by atoms with Crippen molar-refractivity contribution in [1.29, 1.82) is 0 Å². The van der Waals surface area contributed by atoms with Crippen LogP contribution in [0.3, 0.4) is 0 Å². The van der Waals surface area contributed by atoms with Crippen molar-refractivity contribution >= 4 is 23.0 Å². The minimum atomic E-state index is -0.311. The van der Waals surface area contributed by atoms with Crippen LogP contribution < -0.4 is 15.4 Å². The first kappa shape index (κ1) is 17.5. The normalized spacial score (nSPS) is 10.2. The Morgan fingerprint density at radius 1 is 0.846 bits per heavy atom. The zero-order valence-electron chi connectivity index (χ0n) is 14.3. The maximum absolute atomic E-state index is 12.9. The molecule has 0 bridgehead atoms. The van der Waals surface area contributed by atoms with E-state index in [0.717, 1.165) is 22.7 Å². The van der Waals surface area contributed by atoms with Crippen LogP contribution in [0.5, 0.6) is 5.75 Å². The third kappa shape index (κ3) is 4.83. The maximum atomic E-state index is 12.9. The minimum absolute atomic E-state index is 0.146. The molecule has 0 fully saturated rings. The third-order valence-electron chi connectivity index (χ3n) is 3.83. The monoisotopic (exact) mass is 350 g/mol. The average molecular weight is 350 g/mol. The number of hydrogen-bond donors (Lipinski definition) is 2. The van der Waals surface area contributed by atoms with Crippen molar-refractivity contribution in [1.82, 2.24) is 0 Å². The molecule has 3 aromatic carbocycles. The molecule has 132 valence electrons. The summed E-state index contributed by atoms with van der Waals surface area (Å²) < 4.78 is 18.0. The lowest BCUT2D eigenvalue weighted by Crippen LogP contribution is -2.14. The lowest BCUT2D eigenvalue weighted by Gasteiger charge is -2.09. The van der Waals surface area contributed by atoms with Gasteiger partial charge in [-0.15, -0.1) is 0 Å². The van der Waals surface area contributed by atoms with E-state index >= 15 is 0 Å². The van der Waals surface area contributed by atoms with Crippen LogP contribution in [0.25, 0.3) is 0 Å². The van der Waals surface area contributed by atoms with Gasteiger partial charge in [-0.25, -0.2) is 4.39 Å². The molecule has 0 aliphatic heterocycles. The highest BCUT2D eigenvalue weighted by Crippen LogP contribution is 2.21. The molecular formula is C21H19FN2O2. The molecule has 5 heteroatoms. The summed E-state index contributed by atoms with van der Waals surface area (Å²) in [6.45, 7) is 0. The summed E-state index contributed by atoms with van der Waals surface area (Å²) in [6.07, 6.45) is 0.201. The topological polar surface area (TPSA) is 50.4 Å². The van der Waals surface area contributed by atoms with E-state index in [1.54, 1.807) is 19.2 Å². The molecule has 0 aliphatic carbocycles. The fourth-order valence-corrected chi connectivity index (χ4v) is 2.47. The Balaban J connectivity index is 1.56. The molecule has 0 aliphatic rings. The van der Waals surface area contributed by atoms with Gasteiger partial charge in [-0.3, -0.25) is 4.79 Å². The molecule has 2 N–H and O–H groups in total. The number of nitrogens with one attached hydrogen (secondary N) is 2. The maximum Gasteiger partial charge on any atom is 0.228 e. The first-order valence-electron chi connectivity index (χ1n) is 8.18. The fraction of sp³-hybridized carbons (Fsp3) is 0.0952. The van der Waals surface area contributed by atoms with E-state index in [4.69, 9.17) is 4.74 Å². The molecule has 3 rings (SSSR count). The largest absolute Gasteiger partial charge is 0.497 e. The third-order valence-corrected chi connectivity index (χ3v) is 3.83. The van der Waals surface area contributed by atoms with Crippen molar-refractivity contribution < 1.29 is 13.9 Å². The van der Waals surface area contributed by atoms with Crippen LogP contribution in [0.1, 0.15) is 5.56 Å². The Bertz CT molecular complexity index is 860. The quantitative estimate of drug-likeness (QED) is 0.674. The predicted octanol–water partition coefficient (Wildman–Crippen LogP) is 4.76. The number of rotatable bonds is 6. The first-order valence-corrected chi connectivity index (χ1v) is 8.18. The van der Waals surface area contributed by atoms with Gasteiger partial charge in [0, 0.05) is 17.1 Å². The number of anilines is 3. The molecule has 4 nitrogen and oxygen atoms in total. The minimum Gasteiger partial charge on any atom is -0.497 e. The van der Waals surface area contributed by atoms with Crippen molar-refractivity contribution in [2.75, 3.05) is 17.7 Å². The van der Waals surface area contributed by atoms with Gasteiger partial charge in [-0.05, 0) is 66.2 Å². The summed E-state index contributed by atoms with van der Waals surface area (Å²) in [5.41, 5.74) is 3.32. The van der Waals surface area contributed by atoms with Gasteiger partial charge in [-0.2, -0.15) is 0 Å². The SMILES string of the molecule is COc1ccc(Nc2ccc(NC(=O)Cc3ccc(F)cc3)cc2)cc1. The highest BCUT2D eigenvalue weighted by atomic mass is 19.1. The summed E-state index contributed by atoms with van der Waals surface area (Å²) in [4.78, 5) is 12.1. The van der Waals surface area contributed by atoms with Gasteiger partial charge >= 0.3 is 0 Å². The molecule has 3 aromatic rings. The molecule has 0 saturated heterocycles. The summed E-state index contributed by atoms with van der Waals surface area (Å²) in [7, 11) is 1.63. The zero-order valence-corrected chi connectivity index (χ0v) is 14.3. The van der Waals surface area contributed by atoms with Gasteiger partial charge in [0.05, 0.1) is 13.5 Å². The summed E-state index contributed by atoms with van der Waals surface area (Å²) in [6, 6.07) is 21.0. The Morgan fingerprint density at radius 3 is 1.96 bits per heavy atom. The van der Waals surface area contributed by atoms with Crippen molar-refractivity contribution in [3.05, 3.63) is 84.2 Å². The van der Waals surface area contributed by atoms with Gasteiger partial charge in [0.2, 0.25) is 5.91 Å². The molecule has 0 heterocycles. The van der Waals surface area contributed by atoms with Gasteiger partial charge in [0.1, 0.15) is 11.6 Å². The molecule has 0 radical (unpaired) electrons. The molecule has 26 heavy (non-hydrogen) atoms. The van der Waals surface area contributed by atoms with Crippen LogP contribution in [0.2, 0.25) is 0 Å². The summed E-state index contributed by atoms with van der Waals surface area (Å²) in [5, 5.41) is 6.11. The molecule has 0 atom stereocenters. The molecular weight excluding hydrogens is 331 g/mol. The molecule has 0 spiro atoms. The van der Waals surface area contributed by atoms with E-state index in [0.29, 0.717) is 5.69 Å². The standard InChI is InChI=1S/C21H19FN2O2/c1-26-20-12-10-18(11-13-20)23-17-6-8-19(9-7-17)24-21(25)14-15-2-4-16(22)5-3-15/h2-13,23H,14H2,1H3,(H,24,25). The number of carbonyl (C=O) groups excluding carboxylic acids is 1. The molecule has 1 amide bonds. The molecule has 0 saturated carbocycles. The number of carbonyl (C=O) groups is 1. The predicted molar refractivity (Wildman–Crippen MR) is 101 cm³/mol. The van der Waals surface area contributed by atoms with Crippen LogP contribution in [0.4, 0.5) is 21.5 Å². The van der Waals surface area contributed by atoms with E-state index in [-0.39, 0.29) is 18.1 Å². The second kappa shape index (κ2) is 8.16. The number of benzene rings is 3. The van der Waals surface area contributed by atoms with Gasteiger partial charge < -0.3 is 15.4 Å². The smallest absolute Gasteiger partial charge is 0.228 e. The second-order valence-electron chi connectivity index (χ2n) is 5.78. The van der Waals surface area contributed by atoms with Crippen LogP contribution >= 0.6 is 0 Å². The van der Waals surface area contributed by atoms with Gasteiger partial charge in [-0.1, -0.05) is 12.1 Å². The van der Waals surface area contributed by atoms with Gasteiger partial charge in [0.15, 0.2) is 0 Å². The molecule has 0 unspecified atom stereocenters. The van der Waals surface area contributed by atoms with Crippen LogP contribution in [-0.4, -0.2) is 13.0 Å². The van der Waals surface area contributed by atoms with E-state index in [2.05, 4.69) is 10.6 Å². The Hall–Kier alpha value is -3.34. The highest BCUT2D eigenvalue weighted by molar-refractivity contribution is 5.92. The zero-order chi connectivity index (χ0) is 18.4. The Labute approximate surface area is 151 Å². The van der Waals surface area contributed by atoms with Gasteiger partial charge in [0.25, 0.3) is 0 Å². The summed E-state index contributed by atoms with van der Waals surface area (Å²) in [5.74, 6) is 0.344. The number of methoxy groups -OCH3 is 1. The van der Waals surface area contributed by atoms with Crippen LogP contribution in [0.15, 0.2) is 72.8 Å². The number of halogens is 1. The highest BCUT2D eigenvalue weighted by Gasteiger charge is 2.05. The second-order valence-corrected chi connectivity index (χ2v) is 5.78. The van der Waals surface area contributed by atoms with Crippen LogP contribution in [0, 0.1) is 5.82 Å². The molecule has 0 aromatic heterocycles. The van der Waals surface area contributed by atoms with E-state index in [9.17, 15) is 9.18 Å². The van der Waals surface area contributed by atoms with Crippen molar-refractivity contribution in [2.45, 2.75) is 6.42 Å². The summed E-state index contributed by atoms with van der Waals surface area (Å²) >= 11 is 0. The Kier molecular flexibility index (Phi) is 5.49. The van der Waals surface area contributed by atoms with E-state index < -0.39 is 0 Å². The van der Waals surface area contributed by atoms with E-state index in [1.807, 2.05) is 48.5 Å². The first-order chi connectivity index (χ1) is 12.6. The van der Waals surface area contributed by atoms with Crippen LogP contribution in [-0.2, 0) is 11.2 Å². The average Bonchev–Trinajstić information content (AvgIpc) is 2.66. The van der Waals surface area contributed by atoms with Crippen molar-refractivity contribution in [3.63, 3.8) is 0 Å². The van der Waals surface area contributed by atoms with Crippen molar-refractivity contribution in [3.8, 4) is 5.75 Å². The fourth-order valence-electron chi connectivity index (χ4n) is 2.47. The number of amides is 1. The van der Waals surface area contributed by atoms with Crippen molar-refractivity contribution in [2.24, 2.45) is 0 Å². The lowest BCUT2D eigenvalue weighted by atomic mass is 10.1.